The molecule has 0 radical (unpaired) electrons. The van der Waals surface area contributed by atoms with Crippen LogP contribution in [0, 0.1) is 23.7 Å². The van der Waals surface area contributed by atoms with E-state index in [4.69, 9.17) is 4.74 Å². The Balaban J connectivity index is 2.00. The van der Waals surface area contributed by atoms with Crippen molar-refractivity contribution in [3.8, 4) is 17.6 Å². The second kappa shape index (κ2) is 11.9. The van der Waals surface area contributed by atoms with Crippen LogP contribution in [0.15, 0.2) is 53.4 Å². The molecule has 0 fully saturated rings. The van der Waals surface area contributed by atoms with E-state index >= 15 is 0 Å². The zero-order chi connectivity index (χ0) is 26.5. The number of aliphatic hydroxyl groups excluding tert-OH is 1. The summed E-state index contributed by atoms with van der Waals surface area (Å²) >= 11 is 0. The first-order valence-corrected chi connectivity index (χ1v) is 13.7. The molecule has 0 unspecified atom stereocenters. The van der Waals surface area contributed by atoms with Crippen molar-refractivity contribution in [3.63, 3.8) is 0 Å². The molecule has 1 heterocycles. The van der Waals surface area contributed by atoms with Crippen LogP contribution < -0.4 is 4.74 Å². The van der Waals surface area contributed by atoms with E-state index in [2.05, 4.69) is 25.7 Å². The van der Waals surface area contributed by atoms with Crippen molar-refractivity contribution in [3.05, 3.63) is 59.7 Å². The van der Waals surface area contributed by atoms with Gasteiger partial charge in [-0.2, -0.15) is 4.31 Å². The van der Waals surface area contributed by atoms with Gasteiger partial charge in [0.1, 0.15) is 16.7 Å². The number of carbonyl (C=O) groups is 1. The fourth-order valence-electron chi connectivity index (χ4n) is 4.03. The third kappa shape index (κ3) is 6.47. The quantitative estimate of drug-likeness (QED) is 0.598. The summed E-state index contributed by atoms with van der Waals surface area (Å²) in [7, 11) is -2.22. The molecule has 3 rings (SSSR count). The minimum Gasteiger partial charge on any atom is -0.487 e. The fourth-order valence-corrected chi connectivity index (χ4v) is 5.86. The van der Waals surface area contributed by atoms with Gasteiger partial charge < -0.3 is 14.7 Å². The monoisotopic (exact) mass is 512 g/mol. The first-order chi connectivity index (χ1) is 17.0. The van der Waals surface area contributed by atoms with E-state index in [0.717, 1.165) is 6.42 Å². The van der Waals surface area contributed by atoms with Crippen LogP contribution in [0.5, 0.6) is 5.75 Å². The van der Waals surface area contributed by atoms with Crippen molar-refractivity contribution in [2.45, 2.75) is 51.2 Å². The second-order valence-corrected chi connectivity index (χ2v) is 11.7. The molecule has 2 aromatic carbocycles. The average Bonchev–Trinajstić information content (AvgIpc) is 2.85. The van der Waals surface area contributed by atoms with E-state index in [1.165, 1.54) is 10.4 Å². The average molecular weight is 513 g/mol. The largest absolute Gasteiger partial charge is 0.487 e. The Hall–Kier alpha value is -2.86. The number of benzene rings is 2. The summed E-state index contributed by atoms with van der Waals surface area (Å²) < 4.78 is 34.9. The molecule has 0 saturated carbocycles. The molecule has 194 valence electrons. The van der Waals surface area contributed by atoms with Gasteiger partial charge >= 0.3 is 0 Å². The van der Waals surface area contributed by atoms with E-state index in [0.29, 0.717) is 17.0 Å². The molecule has 1 aliphatic rings. The van der Waals surface area contributed by atoms with E-state index in [1.807, 2.05) is 25.1 Å². The van der Waals surface area contributed by atoms with E-state index in [9.17, 15) is 18.3 Å². The summed E-state index contributed by atoms with van der Waals surface area (Å²) in [6.45, 7) is 7.85. The van der Waals surface area contributed by atoms with Crippen LogP contribution >= 0.6 is 0 Å². The topological polar surface area (TPSA) is 87.2 Å². The molecule has 0 aliphatic carbocycles. The zero-order valence-corrected chi connectivity index (χ0v) is 22.5. The predicted octanol–water partition coefficient (Wildman–Crippen LogP) is 3.63. The van der Waals surface area contributed by atoms with Gasteiger partial charge in [-0.1, -0.05) is 50.8 Å². The van der Waals surface area contributed by atoms with Crippen molar-refractivity contribution in [2.75, 3.05) is 26.7 Å². The van der Waals surface area contributed by atoms with E-state index < -0.39 is 22.2 Å². The SMILES string of the molecule is CC(C)CC#Cc1ccc2c(c1)O[C@@H](CN(C)C(=O)c1ccccc1)[C@H](C)CN([C@H](C)CO)S2(=O)=O. The molecule has 1 amide bonds. The molecule has 0 spiro atoms. The van der Waals surface area contributed by atoms with Gasteiger partial charge in [0.25, 0.3) is 5.91 Å². The zero-order valence-electron chi connectivity index (χ0n) is 21.6. The highest BCUT2D eigenvalue weighted by Crippen LogP contribution is 2.34. The van der Waals surface area contributed by atoms with Crippen LogP contribution in [0.3, 0.4) is 0 Å². The van der Waals surface area contributed by atoms with Crippen LogP contribution in [0.25, 0.3) is 0 Å². The molecule has 2 aromatic rings. The van der Waals surface area contributed by atoms with Gasteiger partial charge in [-0.15, -0.1) is 0 Å². The highest BCUT2D eigenvalue weighted by Gasteiger charge is 2.38. The Morgan fingerprint density at radius 3 is 2.53 bits per heavy atom. The van der Waals surface area contributed by atoms with Crippen LogP contribution in [0.4, 0.5) is 0 Å². The number of amides is 1. The first-order valence-electron chi connectivity index (χ1n) is 12.3. The molecule has 3 atom stereocenters. The number of fused-ring (bicyclic) bond motifs is 1. The van der Waals surface area contributed by atoms with E-state index in [1.54, 1.807) is 43.1 Å². The molecule has 0 aromatic heterocycles. The highest BCUT2D eigenvalue weighted by molar-refractivity contribution is 7.89. The molecule has 7 nitrogen and oxygen atoms in total. The Morgan fingerprint density at radius 2 is 1.89 bits per heavy atom. The number of nitrogens with zero attached hydrogens (tertiary/aromatic N) is 2. The lowest BCUT2D eigenvalue weighted by atomic mass is 10.0. The Morgan fingerprint density at radius 1 is 1.19 bits per heavy atom. The molecule has 36 heavy (non-hydrogen) atoms. The number of rotatable bonds is 6. The lowest BCUT2D eigenvalue weighted by molar-refractivity contribution is 0.0563. The Bertz CT molecular complexity index is 1220. The lowest BCUT2D eigenvalue weighted by Crippen LogP contribution is -2.50. The summed E-state index contributed by atoms with van der Waals surface area (Å²) in [5, 5.41) is 9.80. The minimum atomic E-state index is -3.93. The number of hydrogen-bond acceptors (Lipinski definition) is 5. The van der Waals surface area contributed by atoms with Gasteiger partial charge in [0.15, 0.2) is 0 Å². The highest BCUT2D eigenvalue weighted by atomic mass is 32.2. The lowest BCUT2D eigenvalue weighted by Gasteiger charge is -2.37. The van der Waals surface area contributed by atoms with Gasteiger partial charge in [0, 0.05) is 43.1 Å². The van der Waals surface area contributed by atoms with Gasteiger partial charge in [-0.05, 0) is 43.2 Å². The van der Waals surface area contributed by atoms with Crippen LogP contribution in [-0.4, -0.2) is 67.5 Å². The van der Waals surface area contributed by atoms with Crippen molar-refractivity contribution < 1.29 is 23.1 Å². The van der Waals surface area contributed by atoms with Crippen molar-refractivity contribution in [1.82, 2.24) is 9.21 Å². The standard InChI is InChI=1S/C28H36N2O5S/c1-20(2)10-9-11-23-14-15-27-25(16-23)35-26(18-29(5)28(32)24-12-7-6-8-13-24)21(3)17-30(22(4)19-31)36(27,33)34/h6-8,12-16,20-22,26,31H,10,17-19H2,1-5H3/t21-,22-,26+/m1/s1. The Kier molecular flexibility index (Phi) is 9.18. The molecule has 8 heteroatoms. The molecular weight excluding hydrogens is 476 g/mol. The maximum atomic E-state index is 13.6. The summed E-state index contributed by atoms with van der Waals surface area (Å²) in [6, 6.07) is 13.2. The fraction of sp³-hybridized carbons (Fsp3) is 0.464. The number of sulfonamides is 1. The third-order valence-corrected chi connectivity index (χ3v) is 8.25. The summed E-state index contributed by atoms with van der Waals surface area (Å²) in [5.41, 5.74) is 1.23. The Labute approximate surface area is 215 Å². The van der Waals surface area contributed by atoms with Gasteiger partial charge in [0.05, 0.1) is 13.2 Å². The second-order valence-electron chi connectivity index (χ2n) is 9.85. The normalized spacial score (nSPS) is 20.2. The smallest absolute Gasteiger partial charge is 0.253 e. The minimum absolute atomic E-state index is 0.0335. The summed E-state index contributed by atoms with van der Waals surface area (Å²) in [6.07, 6.45) is 0.244. The number of likely N-dealkylation sites (N-methyl/N-ethyl adjacent to an activating group) is 1. The molecule has 0 saturated heterocycles. The summed E-state index contributed by atoms with van der Waals surface area (Å²) in [4.78, 5) is 14.6. The predicted molar refractivity (Wildman–Crippen MR) is 140 cm³/mol. The third-order valence-electron chi connectivity index (χ3n) is 6.23. The number of hydrogen-bond donors (Lipinski definition) is 1. The van der Waals surface area contributed by atoms with Crippen LogP contribution in [0.2, 0.25) is 0 Å². The molecular formula is C28H36N2O5S. The van der Waals surface area contributed by atoms with Crippen molar-refractivity contribution in [2.24, 2.45) is 11.8 Å². The van der Waals surface area contributed by atoms with Crippen molar-refractivity contribution in [1.29, 1.82) is 0 Å². The van der Waals surface area contributed by atoms with E-state index in [-0.39, 0.29) is 42.2 Å². The number of carbonyl (C=O) groups excluding carboxylic acids is 1. The first kappa shape index (κ1) is 27.7. The summed E-state index contributed by atoms with van der Waals surface area (Å²) in [5.74, 6) is 6.45. The number of aliphatic hydroxyl groups is 1. The van der Waals surface area contributed by atoms with Gasteiger partial charge in [-0.25, -0.2) is 8.42 Å². The maximum Gasteiger partial charge on any atom is 0.253 e. The van der Waals surface area contributed by atoms with Crippen LogP contribution in [0.1, 0.15) is 50.0 Å². The maximum absolute atomic E-state index is 13.6. The van der Waals surface area contributed by atoms with Gasteiger partial charge in [0.2, 0.25) is 10.0 Å². The van der Waals surface area contributed by atoms with Gasteiger partial charge in [-0.3, -0.25) is 4.79 Å². The molecule has 1 aliphatic heterocycles. The molecule has 1 N–H and O–H groups in total. The molecule has 0 bridgehead atoms. The van der Waals surface area contributed by atoms with Crippen molar-refractivity contribution >= 4 is 15.9 Å². The van der Waals surface area contributed by atoms with Crippen LogP contribution in [-0.2, 0) is 10.0 Å². The number of ether oxygens (including phenoxy) is 1.